The van der Waals surface area contributed by atoms with E-state index in [9.17, 15) is 0 Å². The Labute approximate surface area is 134 Å². The number of hydrogen-bond acceptors (Lipinski definition) is 3. The number of ether oxygens (including phenoxy) is 2. The summed E-state index contributed by atoms with van der Waals surface area (Å²) in [7, 11) is 1.67. The van der Waals surface area contributed by atoms with E-state index in [1.54, 1.807) is 7.11 Å². The van der Waals surface area contributed by atoms with E-state index < -0.39 is 0 Å². The molecule has 4 heteroatoms. The van der Waals surface area contributed by atoms with Gasteiger partial charge in [-0.1, -0.05) is 13.0 Å². The highest BCUT2D eigenvalue weighted by molar-refractivity contribution is 9.10. The Morgan fingerprint density at radius 1 is 1.10 bits per heavy atom. The minimum atomic E-state index is 0.738. The molecular formula is C17H20BrNO2. The Balaban J connectivity index is 1.94. The number of rotatable bonds is 7. The smallest absolute Gasteiger partial charge is 0.133 e. The first-order valence-electron chi connectivity index (χ1n) is 7.02. The third-order valence-electron chi connectivity index (χ3n) is 3.04. The van der Waals surface area contributed by atoms with Crippen molar-refractivity contribution >= 4 is 21.6 Å². The number of benzene rings is 2. The van der Waals surface area contributed by atoms with Crippen LogP contribution in [0.4, 0.5) is 5.69 Å². The predicted molar refractivity (Wildman–Crippen MR) is 90.2 cm³/mol. The summed E-state index contributed by atoms with van der Waals surface area (Å²) in [4.78, 5) is 0. The van der Waals surface area contributed by atoms with Gasteiger partial charge in [-0.25, -0.2) is 0 Å². The minimum absolute atomic E-state index is 0.738. The fourth-order valence-corrected chi connectivity index (χ4v) is 2.44. The van der Waals surface area contributed by atoms with Gasteiger partial charge in [-0.3, -0.25) is 0 Å². The van der Waals surface area contributed by atoms with Gasteiger partial charge in [0.25, 0.3) is 0 Å². The van der Waals surface area contributed by atoms with Gasteiger partial charge in [0.2, 0.25) is 0 Å². The van der Waals surface area contributed by atoms with Crippen LogP contribution in [0.15, 0.2) is 46.9 Å². The van der Waals surface area contributed by atoms with E-state index in [1.807, 2.05) is 30.3 Å². The van der Waals surface area contributed by atoms with Crippen LogP contribution in [0.2, 0.25) is 0 Å². The molecule has 0 bridgehead atoms. The van der Waals surface area contributed by atoms with Gasteiger partial charge >= 0.3 is 0 Å². The van der Waals surface area contributed by atoms with Gasteiger partial charge in [0.05, 0.1) is 18.2 Å². The SMILES string of the molecule is CCCOc1ccc(CNc2ccc(OC)cc2)cc1Br. The molecule has 0 saturated heterocycles. The van der Waals surface area contributed by atoms with E-state index in [0.717, 1.165) is 41.2 Å². The molecule has 1 N–H and O–H groups in total. The molecule has 0 heterocycles. The van der Waals surface area contributed by atoms with Crippen molar-refractivity contribution in [3.05, 3.63) is 52.5 Å². The molecule has 0 aromatic heterocycles. The lowest BCUT2D eigenvalue weighted by atomic mass is 10.2. The van der Waals surface area contributed by atoms with Crippen LogP contribution < -0.4 is 14.8 Å². The van der Waals surface area contributed by atoms with Crippen molar-refractivity contribution in [2.45, 2.75) is 19.9 Å². The monoisotopic (exact) mass is 349 g/mol. The van der Waals surface area contributed by atoms with Crippen LogP contribution in [0.3, 0.4) is 0 Å². The van der Waals surface area contributed by atoms with E-state index in [4.69, 9.17) is 9.47 Å². The summed E-state index contributed by atoms with van der Waals surface area (Å²) < 4.78 is 11.8. The molecule has 2 aromatic carbocycles. The minimum Gasteiger partial charge on any atom is -0.497 e. The lowest BCUT2D eigenvalue weighted by Gasteiger charge is -2.10. The summed E-state index contributed by atoms with van der Waals surface area (Å²) >= 11 is 3.55. The molecule has 21 heavy (non-hydrogen) atoms. The number of hydrogen-bond donors (Lipinski definition) is 1. The second-order valence-electron chi connectivity index (χ2n) is 4.70. The Hall–Kier alpha value is -1.68. The van der Waals surface area contributed by atoms with Gasteiger partial charge in [0.1, 0.15) is 11.5 Å². The van der Waals surface area contributed by atoms with Gasteiger partial charge < -0.3 is 14.8 Å². The first-order chi connectivity index (χ1) is 10.2. The molecule has 2 aromatic rings. The maximum atomic E-state index is 5.65. The van der Waals surface area contributed by atoms with Crippen molar-refractivity contribution in [3.63, 3.8) is 0 Å². The summed E-state index contributed by atoms with van der Waals surface area (Å²) in [6, 6.07) is 14.1. The highest BCUT2D eigenvalue weighted by atomic mass is 79.9. The first kappa shape index (κ1) is 15.7. The predicted octanol–water partition coefficient (Wildman–Crippen LogP) is 4.86. The molecule has 0 unspecified atom stereocenters. The van der Waals surface area contributed by atoms with E-state index in [0.29, 0.717) is 0 Å². The molecule has 0 aliphatic heterocycles. The average Bonchev–Trinajstić information content (AvgIpc) is 2.52. The Kier molecular flexibility index (Phi) is 5.93. The van der Waals surface area contributed by atoms with Crippen molar-refractivity contribution in [3.8, 4) is 11.5 Å². The van der Waals surface area contributed by atoms with Crippen LogP contribution in [-0.4, -0.2) is 13.7 Å². The highest BCUT2D eigenvalue weighted by Gasteiger charge is 2.03. The molecule has 0 atom stereocenters. The van der Waals surface area contributed by atoms with Gasteiger partial charge in [-0.15, -0.1) is 0 Å². The van der Waals surface area contributed by atoms with Gasteiger partial charge in [0.15, 0.2) is 0 Å². The zero-order valence-corrected chi connectivity index (χ0v) is 13.9. The topological polar surface area (TPSA) is 30.5 Å². The van der Waals surface area contributed by atoms with Crippen LogP contribution in [0.1, 0.15) is 18.9 Å². The molecule has 3 nitrogen and oxygen atoms in total. The molecule has 0 spiro atoms. The third kappa shape index (κ3) is 4.67. The maximum absolute atomic E-state index is 5.65. The fourth-order valence-electron chi connectivity index (χ4n) is 1.90. The van der Waals surface area contributed by atoms with Gasteiger partial charge in [-0.05, 0) is 64.3 Å². The van der Waals surface area contributed by atoms with Crippen LogP contribution in [-0.2, 0) is 6.54 Å². The summed E-state index contributed by atoms with van der Waals surface area (Å²) in [5.41, 5.74) is 2.26. The van der Waals surface area contributed by atoms with Crippen LogP contribution in [0, 0.1) is 0 Å². The molecule has 0 amide bonds. The van der Waals surface area contributed by atoms with Crippen molar-refractivity contribution < 1.29 is 9.47 Å². The zero-order valence-electron chi connectivity index (χ0n) is 12.4. The summed E-state index contributed by atoms with van der Waals surface area (Å²) in [5, 5.41) is 3.38. The number of methoxy groups -OCH3 is 1. The second kappa shape index (κ2) is 7.93. The maximum Gasteiger partial charge on any atom is 0.133 e. The fraction of sp³-hybridized carbons (Fsp3) is 0.294. The normalized spacial score (nSPS) is 10.2. The second-order valence-corrected chi connectivity index (χ2v) is 5.55. The zero-order chi connectivity index (χ0) is 15.1. The average molecular weight is 350 g/mol. The van der Waals surface area contributed by atoms with Crippen LogP contribution in [0.25, 0.3) is 0 Å². The third-order valence-corrected chi connectivity index (χ3v) is 3.66. The molecule has 112 valence electrons. The Morgan fingerprint density at radius 3 is 2.48 bits per heavy atom. The Morgan fingerprint density at radius 2 is 1.86 bits per heavy atom. The van der Waals surface area contributed by atoms with E-state index in [2.05, 4.69) is 40.3 Å². The van der Waals surface area contributed by atoms with E-state index in [-0.39, 0.29) is 0 Å². The first-order valence-corrected chi connectivity index (χ1v) is 7.81. The number of halogens is 1. The van der Waals surface area contributed by atoms with Crippen molar-refractivity contribution in [2.75, 3.05) is 19.0 Å². The number of nitrogens with one attached hydrogen (secondary N) is 1. The summed E-state index contributed by atoms with van der Waals surface area (Å²) in [6.07, 6.45) is 1.01. The molecule has 2 rings (SSSR count). The molecule has 0 aliphatic carbocycles. The number of anilines is 1. The standard InChI is InChI=1S/C17H20BrNO2/c1-3-10-21-17-9-4-13(11-16(17)18)12-19-14-5-7-15(20-2)8-6-14/h4-9,11,19H,3,10,12H2,1-2H3. The van der Waals surface area contributed by atoms with Crippen LogP contribution in [0.5, 0.6) is 11.5 Å². The molecular weight excluding hydrogens is 330 g/mol. The van der Waals surface area contributed by atoms with Crippen molar-refractivity contribution in [1.29, 1.82) is 0 Å². The highest BCUT2D eigenvalue weighted by Crippen LogP contribution is 2.26. The lowest BCUT2D eigenvalue weighted by molar-refractivity contribution is 0.315. The summed E-state index contributed by atoms with van der Waals surface area (Å²) in [6.45, 7) is 3.60. The summed E-state index contributed by atoms with van der Waals surface area (Å²) in [5.74, 6) is 1.76. The van der Waals surface area contributed by atoms with Gasteiger partial charge in [-0.2, -0.15) is 0 Å². The van der Waals surface area contributed by atoms with Gasteiger partial charge in [0, 0.05) is 12.2 Å². The van der Waals surface area contributed by atoms with Crippen molar-refractivity contribution in [2.24, 2.45) is 0 Å². The van der Waals surface area contributed by atoms with Crippen LogP contribution >= 0.6 is 15.9 Å². The molecule has 0 fully saturated rings. The van der Waals surface area contributed by atoms with E-state index >= 15 is 0 Å². The lowest BCUT2D eigenvalue weighted by Crippen LogP contribution is -2.00. The Bertz CT molecular complexity index is 570. The van der Waals surface area contributed by atoms with Crippen molar-refractivity contribution in [1.82, 2.24) is 0 Å². The van der Waals surface area contributed by atoms with E-state index in [1.165, 1.54) is 5.56 Å². The molecule has 0 aliphatic rings. The molecule has 0 radical (unpaired) electrons. The molecule has 0 saturated carbocycles. The quantitative estimate of drug-likeness (QED) is 0.774. The largest absolute Gasteiger partial charge is 0.497 e.